The van der Waals surface area contributed by atoms with Crippen LogP contribution in [0.1, 0.15) is 22.3 Å². The van der Waals surface area contributed by atoms with Gasteiger partial charge in [-0.15, -0.1) is 0 Å². The Labute approximate surface area is 622 Å². The lowest BCUT2D eigenvalue weighted by Gasteiger charge is -2.31. The lowest BCUT2D eigenvalue weighted by Crippen LogP contribution is -2.25. The van der Waals surface area contributed by atoms with Crippen LogP contribution >= 0.6 is 0 Å². The molecule has 17 aromatic carbocycles. The highest BCUT2D eigenvalue weighted by Gasteiger charge is 2.52. The van der Waals surface area contributed by atoms with E-state index < -0.39 is 5.41 Å². The summed E-state index contributed by atoms with van der Waals surface area (Å²) in [4.78, 5) is 4.93. The van der Waals surface area contributed by atoms with Gasteiger partial charge in [0.2, 0.25) is 0 Å². The fraction of sp³-hybridized carbons (Fsp3) is 0.00971. The van der Waals surface area contributed by atoms with Crippen molar-refractivity contribution < 1.29 is 0 Å². The maximum atomic E-state index is 2.47. The topological polar surface area (TPSA) is 16.3 Å². The van der Waals surface area contributed by atoms with Crippen LogP contribution in [0.3, 0.4) is 0 Å². The number of hydrogen-bond donors (Lipinski definition) is 0. The summed E-state index contributed by atoms with van der Waals surface area (Å²) in [5.41, 5.74) is 34.4. The van der Waals surface area contributed by atoms with E-state index in [-0.39, 0.29) is 0 Å². The summed E-state index contributed by atoms with van der Waals surface area (Å²) in [6, 6.07) is 153. The average Bonchev–Trinajstić information content (AvgIpc) is 1.51. The zero-order valence-electron chi connectivity index (χ0n) is 58.5. The molecular weight excluding hydrogens is 1290 g/mol. The molecule has 500 valence electrons. The van der Waals surface area contributed by atoms with Crippen LogP contribution in [0.5, 0.6) is 0 Å². The van der Waals surface area contributed by atoms with Gasteiger partial charge in [0.25, 0.3) is 0 Å². The van der Waals surface area contributed by atoms with Gasteiger partial charge in [0.15, 0.2) is 0 Å². The number of aromatic nitrogens is 2. The molecular formula is C103H68N4. The molecule has 0 N–H and O–H groups in total. The molecule has 0 bridgehead atoms. The summed E-state index contributed by atoms with van der Waals surface area (Å²) >= 11 is 0. The molecule has 0 unspecified atom stereocenters. The summed E-state index contributed by atoms with van der Waals surface area (Å²) in [5.74, 6) is 0. The predicted molar refractivity (Wildman–Crippen MR) is 448 cm³/mol. The Bertz CT molecular complexity index is 6280. The van der Waals surface area contributed by atoms with Crippen LogP contribution in [0, 0.1) is 0 Å². The minimum atomic E-state index is -0.537. The van der Waals surface area contributed by atoms with E-state index in [1.165, 1.54) is 99.2 Å². The van der Waals surface area contributed by atoms with Crippen molar-refractivity contribution >= 4 is 77.7 Å². The Morgan fingerprint density at radius 1 is 0.178 bits per heavy atom. The van der Waals surface area contributed by atoms with Gasteiger partial charge in [0.1, 0.15) is 0 Å². The molecule has 107 heavy (non-hydrogen) atoms. The van der Waals surface area contributed by atoms with Crippen molar-refractivity contribution in [3.05, 3.63) is 435 Å². The molecule has 2 heterocycles. The Morgan fingerprint density at radius 3 is 0.916 bits per heavy atom. The van der Waals surface area contributed by atoms with Crippen LogP contribution in [-0.2, 0) is 5.41 Å². The van der Waals surface area contributed by atoms with Gasteiger partial charge in [0.05, 0.1) is 27.5 Å². The first-order valence-electron chi connectivity index (χ1n) is 37.0. The van der Waals surface area contributed by atoms with Crippen molar-refractivity contribution in [1.29, 1.82) is 0 Å². The number of nitrogens with zero attached hydrogens (tertiary/aromatic N) is 4. The molecule has 0 radical (unpaired) electrons. The van der Waals surface area contributed by atoms with Crippen molar-refractivity contribution in [3.63, 3.8) is 0 Å². The minimum absolute atomic E-state index is 0.537. The second-order valence-electron chi connectivity index (χ2n) is 28.3. The number of benzene rings is 17. The lowest BCUT2D eigenvalue weighted by molar-refractivity contribution is 0.794. The number of rotatable bonds is 13. The molecule has 19 aromatic rings. The van der Waals surface area contributed by atoms with Crippen LogP contribution in [0.4, 0.5) is 34.1 Å². The number of hydrogen-bond acceptors (Lipinski definition) is 2. The molecule has 0 atom stereocenters. The van der Waals surface area contributed by atoms with E-state index >= 15 is 0 Å². The summed E-state index contributed by atoms with van der Waals surface area (Å²) in [6.45, 7) is 0. The normalized spacial score (nSPS) is 12.4. The highest BCUT2D eigenvalue weighted by molar-refractivity contribution is 6.12. The van der Waals surface area contributed by atoms with Crippen LogP contribution in [-0.4, -0.2) is 9.13 Å². The van der Waals surface area contributed by atoms with Crippen molar-refractivity contribution in [2.75, 3.05) is 9.80 Å². The van der Waals surface area contributed by atoms with Gasteiger partial charge < -0.3 is 18.9 Å². The predicted octanol–water partition coefficient (Wildman–Crippen LogP) is 27.5. The minimum Gasteiger partial charge on any atom is -0.310 e. The largest absolute Gasteiger partial charge is 0.310 e. The van der Waals surface area contributed by atoms with Crippen molar-refractivity contribution in [1.82, 2.24) is 9.13 Å². The summed E-state index contributed by atoms with van der Waals surface area (Å²) in [7, 11) is 0. The van der Waals surface area contributed by atoms with Crippen LogP contribution in [0.15, 0.2) is 413 Å². The molecule has 21 rings (SSSR count). The third-order valence-corrected chi connectivity index (χ3v) is 22.5. The van der Waals surface area contributed by atoms with Gasteiger partial charge >= 0.3 is 0 Å². The number of anilines is 6. The molecule has 2 aromatic heterocycles. The van der Waals surface area contributed by atoms with Crippen molar-refractivity contribution in [2.24, 2.45) is 0 Å². The van der Waals surface area contributed by atoms with E-state index in [1.54, 1.807) is 0 Å². The lowest BCUT2D eigenvalue weighted by atomic mass is 9.70. The second kappa shape index (κ2) is 25.1. The van der Waals surface area contributed by atoms with Crippen LogP contribution in [0.2, 0.25) is 0 Å². The average molecular weight is 1360 g/mol. The van der Waals surface area contributed by atoms with E-state index in [0.717, 1.165) is 90.0 Å². The van der Waals surface area contributed by atoms with Gasteiger partial charge in [0, 0.05) is 67.0 Å². The standard InChI is InChI=1S/C103H68N4/c1-5-24-69(25-6-1)71-44-54-80(55-45-71)104(82-58-48-73(49-59-82)75-52-62-100-92(66-75)89-34-16-21-42-98(89)106(100)78-28-9-3-10-29-78)84-64-77(86-37-23-41-97-102(86)91-36-15-20-40-96(91)103(97)94-38-18-13-32-87(94)88-33-14-19-39-95(88)103)65-85(68-84)105(81-56-46-72(47-57-81)70-26-7-2-8-27-70)83-60-50-74(51-61-83)76-53-63-101-93(67-76)90-35-17-22-43-99(90)107(101)79-30-11-4-12-31-79/h1-68H. The zero-order chi connectivity index (χ0) is 70.5. The Morgan fingerprint density at radius 2 is 0.486 bits per heavy atom. The zero-order valence-corrected chi connectivity index (χ0v) is 58.5. The monoisotopic (exact) mass is 1360 g/mol. The Kier molecular flexibility index (Phi) is 14.5. The van der Waals surface area contributed by atoms with Gasteiger partial charge in [-0.1, -0.05) is 285 Å². The third-order valence-electron chi connectivity index (χ3n) is 22.5. The van der Waals surface area contributed by atoms with E-state index in [4.69, 9.17) is 0 Å². The molecule has 0 aliphatic heterocycles. The maximum Gasteiger partial charge on any atom is 0.0725 e. The van der Waals surface area contributed by atoms with Gasteiger partial charge in [-0.05, 0) is 228 Å². The fourth-order valence-corrected chi connectivity index (χ4v) is 17.8. The molecule has 0 saturated carbocycles. The number of para-hydroxylation sites is 4. The molecule has 4 nitrogen and oxygen atoms in total. The SMILES string of the molecule is c1ccc(-c2ccc(N(c3ccc(-c4ccc5c(c4)c4ccccc4n5-c4ccccc4)cc3)c3cc(-c4cccc5c4-c4ccccc4C54c5ccccc5-c5ccccc54)cc(N(c4ccc(-c5ccccc5)cc4)c4ccc(-c5ccc6c(c5)c5ccccc5n6-c5ccccc5)cc4)c3)cc2)cc1. The molecule has 2 aliphatic carbocycles. The third kappa shape index (κ3) is 9.98. The molecule has 4 heteroatoms. The fourth-order valence-electron chi connectivity index (χ4n) is 17.8. The summed E-state index contributed by atoms with van der Waals surface area (Å²) in [5, 5.41) is 4.89. The molecule has 1 spiro atoms. The molecule has 2 aliphatic rings. The highest BCUT2D eigenvalue weighted by Crippen LogP contribution is 2.64. The summed E-state index contributed by atoms with van der Waals surface area (Å²) in [6.07, 6.45) is 0. The smallest absolute Gasteiger partial charge is 0.0725 e. The van der Waals surface area contributed by atoms with Gasteiger partial charge in [-0.25, -0.2) is 0 Å². The first-order chi connectivity index (χ1) is 53.1. The molecule has 0 amide bonds. The maximum absolute atomic E-state index is 2.47. The Balaban J connectivity index is 0.778. The molecule has 0 saturated heterocycles. The highest BCUT2D eigenvalue weighted by atomic mass is 15.2. The van der Waals surface area contributed by atoms with Crippen LogP contribution in [0.25, 0.3) is 133 Å². The van der Waals surface area contributed by atoms with Crippen molar-refractivity contribution in [3.8, 4) is 89.3 Å². The second-order valence-corrected chi connectivity index (χ2v) is 28.3. The first kappa shape index (κ1) is 61.6. The van der Waals surface area contributed by atoms with Crippen LogP contribution < -0.4 is 9.80 Å². The van der Waals surface area contributed by atoms with E-state index in [2.05, 4.69) is 431 Å². The van der Waals surface area contributed by atoms with Crippen molar-refractivity contribution in [2.45, 2.75) is 5.41 Å². The van der Waals surface area contributed by atoms with E-state index in [1.807, 2.05) is 0 Å². The quantitative estimate of drug-likeness (QED) is 0.114. The molecule has 0 fully saturated rings. The van der Waals surface area contributed by atoms with E-state index in [0.29, 0.717) is 0 Å². The Hall–Kier alpha value is -14.1. The first-order valence-corrected chi connectivity index (χ1v) is 37.0. The summed E-state index contributed by atoms with van der Waals surface area (Å²) < 4.78 is 4.77. The van der Waals surface area contributed by atoms with Gasteiger partial charge in [-0.3, -0.25) is 0 Å². The van der Waals surface area contributed by atoms with E-state index in [9.17, 15) is 0 Å². The van der Waals surface area contributed by atoms with Gasteiger partial charge in [-0.2, -0.15) is 0 Å². The number of fused-ring (bicyclic) bond motifs is 16.